The van der Waals surface area contributed by atoms with E-state index in [1.807, 2.05) is 0 Å². The average Bonchev–Trinajstić information content (AvgIpc) is 2.86. The molecular formula is C18H15ClN4O3S. The van der Waals surface area contributed by atoms with Crippen LogP contribution in [-0.4, -0.2) is 33.9 Å². The van der Waals surface area contributed by atoms with Gasteiger partial charge in [0.05, 0.1) is 12.1 Å². The maximum atomic E-state index is 12.8. The van der Waals surface area contributed by atoms with Crippen LogP contribution in [0.25, 0.3) is 0 Å². The predicted molar refractivity (Wildman–Crippen MR) is 105 cm³/mol. The molecule has 1 saturated heterocycles. The Hall–Kier alpha value is -2.97. The van der Waals surface area contributed by atoms with Crippen molar-refractivity contribution in [2.45, 2.75) is 12.5 Å². The number of carbonyl (C=O) groups excluding carboxylic acids is 3. The van der Waals surface area contributed by atoms with Gasteiger partial charge >= 0.3 is 0 Å². The topological polar surface area (TPSA) is 95.7 Å². The van der Waals surface area contributed by atoms with Gasteiger partial charge in [-0.05, 0) is 48.6 Å². The maximum absolute atomic E-state index is 12.8. The Bertz CT molecular complexity index is 905. The molecule has 3 rings (SSSR count). The first-order chi connectivity index (χ1) is 12.9. The van der Waals surface area contributed by atoms with Gasteiger partial charge < -0.3 is 5.73 Å². The fourth-order valence-electron chi connectivity index (χ4n) is 2.68. The van der Waals surface area contributed by atoms with Crippen LogP contribution < -0.4 is 16.1 Å². The quantitative estimate of drug-likeness (QED) is 0.744. The van der Waals surface area contributed by atoms with Crippen LogP contribution in [0.1, 0.15) is 16.8 Å². The van der Waals surface area contributed by atoms with Crippen LogP contribution in [0, 0.1) is 0 Å². The lowest BCUT2D eigenvalue weighted by Crippen LogP contribution is -2.49. The maximum Gasteiger partial charge on any atom is 0.269 e. The number of halogens is 1. The van der Waals surface area contributed by atoms with E-state index in [0.717, 1.165) is 0 Å². The molecule has 0 radical (unpaired) electrons. The molecule has 1 aliphatic heterocycles. The summed E-state index contributed by atoms with van der Waals surface area (Å²) in [5.74, 6) is -1.62. The zero-order chi connectivity index (χ0) is 19.6. The fourth-order valence-corrected chi connectivity index (χ4v) is 3.17. The minimum Gasteiger partial charge on any atom is -0.370 e. The van der Waals surface area contributed by atoms with E-state index in [4.69, 9.17) is 29.6 Å². The Kier molecular flexibility index (Phi) is 5.38. The zero-order valence-corrected chi connectivity index (χ0v) is 15.5. The van der Waals surface area contributed by atoms with Crippen LogP contribution >= 0.6 is 23.8 Å². The van der Waals surface area contributed by atoms with Gasteiger partial charge in [0.25, 0.3) is 11.8 Å². The fraction of sp³-hybridized carbons (Fsp3) is 0.111. The van der Waals surface area contributed by atoms with E-state index in [1.165, 1.54) is 22.0 Å². The molecule has 27 heavy (non-hydrogen) atoms. The van der Waals surface area contributed by atoms with Crippen molar-refractivity contribution in [1.29, 1.82) is 0 Å². The van der Waals surface area contributed by atoms with Crippen LogP contribution in [0.3, 0.4) is 0 Å². The Balaban J connectivity index is 1.89. The molecule has 3 N–H and O–H groups in total. The number of nitrogens with two attached hydrogens (primary N) is 1. The highest BCUT2D eigenvalue weighted by atomic mass is 35.5. The smallest absolute Gasteiger partial charge is 0.269 e. The molecule has 0 bridgehead atoms. The van der Waals surface area contributed by atoms with Crippen molar-refractivity contribution >= 4 is 52.3 Å². The lowest BCUT2D eigenvalue weighted by atomic mass is 10.2. The van der Waals surface area contributed by atoms with Crippen molar-refractivity contribution in [3.05, 3.63) is 65.2 Å². The summed E-state index contributed by atoms with van der Waals surface area (Å²) in [5, 5.41) is 1.74. The van der Waals surface area contributed by atoms with Crippen LogP contribution in [0.4, 0.5) is 5.69 Å². The van der Waals surface area contributed by atoms with Gasteiger partial charge in [-0.3, -0.25) is 24.7 Å². The molecular weight excluding hydrogens is 388 g/mol. The van der Waals surface area contributed by atoms with E-state index in [0.29, 0.717) is 16.3 Å². The van der Waals surface area contributed by atoms with E-state index in [9.17, 15) is 14.4 Å². The normalized spacial score (nSPS) is 16.6. The molecule has 1 fully saturated rings. The third-order valence-corrected chi connectivity index (χ3v) is 4.58. The van der Waals surface area contributed by atoms with E-state index < -0.39 is 23.8 Å². The molecule has 0 aromatic heterocycles. The molecule has 1 heterocycles. The standard InChI is InChI=1S/C18H15ClN4O3S/c19-12-8-6-11(7-9-12)16(25)21-23-14(10-15(20)24)17(26)22(18(23)27)13-4-2-1-3-5-13/h1-9,14H,10H2,(H2,20,24)(H,21,25). The number of rotatable bonds is 5. The summed E-state index contributed by atoms with van der Waals surface area (Å²) in [7, 11) is 0. The van der Waals surface area contributed by atoms with Crippen molar-refractivity contribution in [3.63, 3.8) is 0 Å². The number of hydrogen-bond donors (Lipinski definition) is 2. The SMILES string of the molecule is NC(=O)CC1C(=O)N(c2ccccc2)C(=S)N1NC(=O)c1ccc(Cl)cc1. The summed E-state index contributed by atoms with van der Waals surface area (Å²) in [5.41, 5.74) is 8.72. The number of para-hydroxylation sites is 1. The number of thiocarbonyl (C=S) groups is 1. The zero-order valence-electron chi connectivity index (χ0n) is 14.0. The highest BCUT2D eigenvalue weighted by molar-refractivity contribution is 7.80. The highest BCUT2D eigenvalue weighted by Gasteiger charge is 2.45. The lowest BCUT2D eigenvalue weighted by Gasteiger charge is -2.24. The summed E-state index contributed by atoms with van der Waals surface area (Å²) in [6, 6.07) is 13.9. The second-order valence-corrected chi connectivity index (χ2v) is 6.60. The predicted octanol–water partition coefficient (Wildman–Crippen LogP) is 1.86. The van der Waals surface area contributed by atoms with Crippen molar-refractivity contribution in [1.82, 2.24) is 10.4 Å². The van der Waals surface area contributed by atoms with Crippen molar-refractivity contribution in [2.24, 2.45) is 5.73 Å². The summed E-state index contributed by atoms with van der Waals surface area (Å²) in [6.07, 6.45) is -0.288. The van der Waals surface area contributed by atoms with Gasteiger partial charge in [-0.15, -0.1) is 0 Å². The van der Waals surface area contributed by atoms with Crippen molar-refractivity contribution in [3.8, 4) is 0 Å². The summed E-state index contributed by atoms with van der Waals surface area (Å²) in [4.78, 5) is 38.1. The molecule has 0 saturated carbocycles. The summed E-state index contributed by atoms with van der Waals surface area (Å²) < 4.78 is 0. The number of anilines is 1. The van der Waals surface area contributed by atoms with Gasteiger partial charge in [-0.1, -0.05) is 29.8 Å². The number of primary amides is 1. The third kappa shape index (κ3) is 3.91. The number of carbonyl (C=O) groups is 3. The van der Waals surface area contributed by atoms with E-state index in [1.54, 1.807) is 42.5 Å². The third-order valence-electron chi connectivity index (χ3n) is 3.95. The van der Waals surface area contributed by atoms with Gasteiger partial charge in [0.15, 0.2) is 0 Å². The van der Waals surface area contributed by atoms with E-state index >= 15 is 0 Å². The molecule has 1 aliphatic rings. The van der Waals surface area contributed by atoms with Gasteiger partial charge in [0.2, 0.25) is 11.0 Å². The minimum absolute atomic E-state index is 0.0553. The molecule has 2 aromatic rings. The number of hydrazine groups is 1. The highest BCUT2D eigenvalue weighted by Crippen LogP contribution is 2.25. The number of nitrogens with one attached hydrogen (secondary N) is 1. The number of hydrogen-bond acceptors (Lipinski definition) is 4. The molecule has 0 aliphatic carbocycles. The second kappa shape index (κ2) is 7.73. The molecule has 1 unspecified atom stereocenters. The monoisotopic (exact) mass is 402 g/mol. The molecule has 2 aromatic carbocycles. The van der Waals surface area contributed by atoms with Gasteiger partial charge in [-0.2, -0.15) is 0 Å². The van der Waals surface area contributed by atoms with Gasteiger partial charge in [0.1, 0.15) is 6.04 Å². The number of benzene rings is 2. The van der Waals surface area contributed by atoms with E-state index in [2.05, 4.69) is 5.43 Å². The molecule has 0 spiro atoms. The minimum atomic E-state index is -1.02. The van der Waals surface area contributed by atoms with Crippen LogP contribution in [0.2, 0.25) is 5.02 Å². The molecule has 1 atom stereocenters. The Morgan fingerprint density at radius 3 is 2.33 bits per heavy atom. The van der Waals surface area contributed by atoms with Crippen LogP contribution in [0.5, 0.6) is 0 Å². The average molecular weight is 403 g/mol. The number of amides is 3. The molecule has 3 amide bonds. The first-order valence-corrected chi connectivity index (χ1v) is 8.74. The van der Waals surface area contributed by atoms with Crippen LogP contribution in [0.15, 0.2) is 54.6 Å². The summed E-state index contributed by atoms with van der Waals surface area (Å²) >= 11 is 11.2. The molecule has 9 heteroatoms. The lowest BCUT2D eigenvalue weighted by molar-refractivity contribution is -0.125. The molecule has 7 nitrogen and oxygen atoms in total. The van der Waals surface area contributed by atoms with Gasteiger partial charge in [0, 0.05) is 10.6 Å². The Morgan fingerprint density at radius 1 is 1.11 bits per heavy atom. The molecule has 138 valence electrons. The first-order valence-electron chi connectivity index (χ1n) is 7.95. The first kappa shape index (κ1) is 18.8. The summed E-state index contributed by atoms with van der Waals surface area (Å²) in [6.45, 7) is 0. The van der Waals surface area contributed by atoms with Gasteiger partial charge in [-0.25, -0.2) is 5.01 Å². The second-order valence-electron chi connectivity index (χ2n) is 5.80. The van der Waals surface area contributed by atoms with E-state index in [-0.39, 0.29) is 11.5 Å². The van der Waals surface area contributed by atoms with Crippen molar-refractivity contribution in [2.75, 3.05) is 4.90 Å². The van der Waals surface area contributed by atoms with Crippen LogP contribution in [-0.2, 0) is 9.59 Å². The number of nitrogens with zero attached hydrogens (tertiary/aromatic N) is 2. The Morgan fingerprint density at radius 2 is 1.74 bits per heavy atom. The largest absolute Gasteiger partial charge is 0.370 e. The Labute approximate surface area is 165 Å². The van der Waals surface area contributed by atoms with Crippen molar-refractivity contribution < 1.29 is 14.4 Å².